The van der Waals surface area contributed by atoms with Gasteiger partial charge in [-0.1, -0.05) is 18.2 Å². The molecule has 0 saturated carbocycles. The van der Waals surface area contributed by atoms with E-state index < -0.39 is 0 Å². The number of fused-ring (bicyclic) bond motifs is 1. The first-order valence-electron chi connectivity index (χ1n) is 6.08. The molecule has 5 heteroatoms. The molecule has 0 saturated heterocycles. The summed E-state index contributed by atoms with van der Waals surface area (Å²) in [6.45, 7) is 0. The summed E-state index contributed by atoms with van der Waals surface area (Å²) < 4.78 is 1.82. The molecule has 0 amide bonds. The molecule has 0 bridgehead atoms. The molecule has 0 aliphatic heterocycles. The van der Waals surface area contributed by atoms with E-state index in [2.05, 4.69) is 27.6 Å². The van der Waals surface area contributed by atoms with Gasteiger partial charge >= 0.3 is 0 Å². The van der Waals surface area contributed by atoms with Gasteiger partial charge in [-0.2, -0.15) is 5.10 Å². The number of hydrogen-bond acceptors (Lipinski definition) is 4. The van der Waals surface area contributed by atoms with Crippen molar-refractivity contribution in [3.63, 3.8) is 0 Å². The Morgan fingerprint density at radius 1 is 1.21 bits per heavy atom. The molecule has 0 aliphatic carbocycles. The maximum atomic E-state index is 5.74. The van der Waals surface area contributed by atoms with Crippen LogP contribution in [0.15, 0.2) is 48.9 Å². The van der Waals surface area contributed by atoms with Crippen molar-refractivity contribution in [1.29, 1.82) is 0 Å². The topological polar surface area (TPSA) is 68.8 Å². The van der Waals surface area contributed by atoms with Crippen LogP contribution in [0.1, 0.15) is 17.3 Å². The summed E-state index contributed by atoms with van der Waals surface area (Å²) in [6, 6.07) is 9.99. The van der Waals surface area contributed by atoms with Crippen LogP contribution in [0.3, 0.4) is 0 Å². The third-order valence-electron chi connectivity index (χ3n) is 3.35. The van der Waals surface area contributed by atoms with Crippen LogP contribution in [0.4, 0.5) is 0 Å². The van der Waals surface area contributed by atoms with Gasteiger partial charge in [0.2, 0.25) is 0 Å². The highest BCUT2D eigenvalue weighted by atomic mass is 15.3. The average Bonchev–Trinajstić information content (AvgIpc) is 2.86. The Morgan fingerprint density at radius 3 is 2.84 bits per heavy atom. The molecule has 3 aromatic rings. The van der Waals surface area contributed by atoms with Crippen molar-refractivity contribution in [2.24, 2.45) is 12.9 Å². The zero-order valence-corrected chi connectivity index (χ0v) is 10.6. The molecule has 1 unspecified atom stereocenters. The summed E-state index contributed by atoms with van der Waals surface area (Å²) in [5.41, 5.74) is 4.97. The van der Waals surface area contributed by atoms with Gasteiger partial charge in [0, 0.05) is 31.0 Å². The minimum absolute atomic E-state index is 0.111. The second-order valence-electron chi connectivity index (χ2n) is 4.42. The Bertz CT molecular complexity index is 698. The zero-order chi connectivity index (χ0) is 13.2. The SMILES string of the molecule is Cn1nccc1C(NN)c1cccc2ccncc12. The number of hydrogen-bond donors (Lipinski definition) is 2. The van der Waals surface area contributed by atoms with Crippen molar-refractivity contribution in [1.82, 2.24) is 20.2 Å². The van der Waals surface area contributed by atoms with Crippen molar-refractivity contribution in [2.75, 3.05) is 0 Å². The van der Waals surface area contributed by atoms with Gasteiger partial charge < -0.3 is 0 Å². The highest BCUT2D eigenvalue weighted by Crippen LogP contribution is 2.27. The third-order valence-corrected chi connectivity index (χ3v) is 3.35. The molecule has 0 radical (unpaired) electrons. The number of hydrazine groups is 1. The van der Waals surface area contributed by atoms with Gasteiger partial charge in [-0.25, -0.2) is 5.43 Å². The molecule has 1 atom stereocenters. The van der Waals surface area contributed by atoms with Gasteiger partial charge in [-0.3, -0.25) is 15.5 Å². The fourth-order valence-corrected chi connectivity index (χ4v) is 2.39. The first-order valence-corrected chi connectivity index (χ1v) is 6.08. The van der Waals surface area contributed by atoms with Gasteiger partial charge in [-0.15, -0.1) is 0 Å². The van der Waals surface area contributed by atoms with Crippen LogP contribution in [-0.4, -0.2) is 14.8 Å². The first-order chi connectivity index (χ1) is 9.31. The lowest BCUT2D eigenvalue weighted by molar-refractivity contribution is 0.578. The van der Waals surface area contributed by atoms with E-state index in [1.165, 1.54) is 0 Å². The highest BCUT2D eigenvalue weighted by Gasteiger charge is 2.17. The highest BCUT2D eigenvalue weighted by molar-refractivity contribution is 5.85. The number of pyridine rings is 1. The van der Waals surface area contributed by atoms with Gasteiger partial charge in [0.05, 0.1) is 11.7 Å². The van der Waals surface area contributed by atoms with E-state index in [1.807, 2.05) is 36.1 Å². The maximum Gasteiger partial charge on any atom is 0.0884 e. The molecule has 0 fully saturated rings. The second-order valence-corrected chi connectivity index (χ2v) is 4.42. The van der Waals surface area contributed by atoms with Gasteiger partial charge in [0.1, 0.15) is 0 Å². The van der Waals surface area contributed by atoms with E-state index in [4.69, 9.17) is 5.84 Å². The number of aryl methyl sites for hydroxylation is 1. The minimum atomic E-state index is -0.111. The van der Waals surface area contributed by atoms with Crippen molar-refractivity contribution in [2.45, 2.75) is 6.04 Å². The van der Waals surface area contributed by atoms with Crippen LogP contribution in [0.5, 0.6) is 0 Å². The zero-order valence-electron chi connectivity index (χ0n) is 10.6. The van der Waals surface area contributed by atoms with Crippen LogP contribution in [-0.2, 0) is 7.05 Å². The monoisotopic (exact) mass is 253 g/mol. The second kappa shape index (κ2) is 4.79. The Balaban J connectivity index is 2.20. The number of nitrogens with one attached hydrogen (secondary N) is 1. The summed E-state index contributed by atoms with van der Waals surface area (Å²) in [6.07, 6.45) is 5.43. The number of rotatable bonds is 3. The maximum absolute atomic E-state index is 5.74. The lowest BCUT2D eigenvalue weighted by Gasteiger charge is -2.18. The summed E-state index contributed by atoms with van der Waals surface area (Å²) in [4.78, 5) is 4.20. The van der Waals surface area contributed by atoms with Crippen molar-refractivity contribution in [3.05, 3.63) is 60.2 Å². The first kappa shape index (κ1) is 11.8. The Morgan fingerprint density at radius 2 is 2.11 bits per heavy atom. The summed E-state index contributed by atoms with van der Waals surface area (Å²) >= 11 is 0. The fraction of sp³-hybridized carbons (Fsp3) is 0.143. The van der Waals surface area contributed by atoms with Gasteiger partial charge in [0.25, 0.3) is 0 Å². The largest absolute Gasteiger partial charge is 0.271 e. The smallest absolute Gasteiger partial charge is 0.0884 e. The molecule has 96 valence electrons. The van der Waals surface area contributed by atoms with Crippen LogP contribution in [0.2, 0.25) is 0 Å². The summed E-state index contributed by atoms with van der Waals surface area (Å²) in [5.74, 6) is 5.74. The van der Waals surface area contributed by atoms with E-state index in [9.17, 15) is 0 Å². The third kappa shape index (κ3) is 1.99. The van der Waals surface area contributed by atoms with E-state index in [1.54, 1.807) is 12.4 Å². The lowest BCUT2D eigenvalue weighted by atomic mass is 9.98. The van der Waals surface area contributed by atoms with E-state index in [0.717, 1.165) is 22.0 Å². The molecule has 2 heterocycles. The molecule has 0 spiro atoms. The van der Waals surface area contributed by atoms with E-state index in [-0.39, 0.29) is 6.04 Å². The molecule has 19 heavy (non-hydrogen) atoms. The van der Waals surface area contributed by atoms with E-state index >= 15 is 0 Å². The summed E-state index contributed by atoms with van der Waals surface area (Å²) in [7, 11) is 1.91. The minimum Gasteiger partial charge on any atom is -0.271 e. The molecule has 2 aromatic heterocycles. The predicted octanol–water partition coefficient (Wildman–Crippen LogP) is 1.52. The standard InChI is InChI=1S/C14H15N5/c1-19-13(6-8-17-19)14(18-15)11-4-2-3-10-5-7-16-9-12(10)11/h2-9,14,18H,15H2,1H3. The molecule has 5 nitrogen and oxygen atoms in total. The number of aromatic nitrogens is 3. The quantitative estimate of drug-likeness (QED) is 0.548. The molecule has 1 aromatic carbocycles. The van der Waals surface area contributed by atoms with Crippen LogP contribution < -0.4 is 11.3 Å². The molecule has 0 aliphatic rings. The number of nitrogens with two attached hydrogens (primary N) is 1. The predicted molar refractivity (Wildman–Crippen MR) is 74.1 cm³/mol. The van der Waals surface area contributed by atoms with Crippen LogP contribution >= 0.6 is 0 Å². The lowest BCUT2D eigenvalue weighted by Crippen LogP contribution is -2.30. The Kier molecular flexibility index (Phi) is 2.98. The van der Waals surface area contributed by atoms with Crippen molar-refractivity contribution in [3.8, 4) is 0 Å². The van der Waals surface area contributed by atoms with E-state index in [0.29, 0.717) is 0 Å². The van der Waals surface area contributed by atoms with Crippen LogP contribution in [0, 0.1) is 0 Å². The van der Waals surface area contributed by atoms with Crippen molar-refractivity contribution >= 4 is 10.8 Å². The average molecular weight is 253 g/mol. The number of nitrogens with zero attached hydrogens (tertiary/aromatic N) is 3. The van der Waals surface area contributed by atoms with Gasteiger partial charge in [0.15, 0.2) is 0 Å². The van der Waals surface area contributed by atoms with Crippen LogP contribution in [0.25, 0.3) is 10.8 Å². The Labute approximate surface area is 111 Å². The number of benzene rings is 1. The Hall–Kier alpha value is -2.24. The van der Waals surface area contributed by atoms with Crippen molar-refractivity contribution < 1.29 is 0 Å². The fourth-order valence-electron chi connectivity index (χ4n) is 2.39. The normalized spacial score (nSPS) is 12.7. The summed E-state index contributed by atoms with van der Waals surface area (Å²) in [5, 5.41) is 6.44. The molecular weight excluding hydrogens is 238 g/mol. The van der Waals surface area contributed by atoms with Gasteiger partial charge in [-0.05, 0) is 23.1 Å². The molecular formula is C14H15N5. The molecule has 3 N–H and O–H groups in total. The molecule has 3 rings (SSSR count).